The Bertz CT molecular complexity index is 325. The summed E-state index contributed by atoms with van der Waals surface area (Å²) in [5.74, 6) is 7.50. The summed E-state index contributed by atoms with van der Waals surface area (Å²) in [5, 5.41) is 4.82. The highest BCUT2D eigenvalue weighted by Gasteiger charge is 2.18. The van der Waals surface area contributed by atoms with E-state index in [1.165, 1.54) is 5.01 Å². The Balaban J connectivity index is 2.15. The highest BCUT2D eigenvalue weighted by Crippen LogP contribution is 2.16. The zero-order valence-corrected chi connectivity index (χ0v) is 9.03. The number of hydrazine groups is 1. The quantitative estimate of drug-likeness (QED) is 0.587. The van der Waals surface area contributed by atoms with Crippen molar-refractivity contribution in [3.63, 3.8) is 0 Å². The van der Waals surface area contributed by atoms with E-state index in [4.69, 9.17) is 5.84 Å². The van der Waals surface area contributed by atoms with E-state index in [9.17, 15) is 0 Å². The van der Waals surface area contributed by atoms with Crippen LogP contribution in [0, 0.1) is 0 Å². The summed E-state index contributed by atoms with van der Waals surface area (Å²) >= 11 is 0. The van der Waals surface area contributed by atoms with Crippen LogP contribution in [0.15, 0.2) is 29.2 Å². The Kier molecular flexibility index (Phi) is 2.75. The van der Waals surface area contributed by atoms with Crippen molar-refractivity contribution in [2.24, 2.45) is 10.8 Å². The molecule has 0 unspecified atom stereocenters. The fourth-order valence-electron chi connectivity index (χ4n) is 1.73. The van der Waals surface area contributed by atoms with Gasteiger partial charge in [0, 0.05) is 32.3 Å². The van der Waals surface area contributed by atoms with Crippen LogP contribution in [-0.2, 0) is 0 Å². The Morgan fingerprint density at radius 3 is 2.73 bits per heavy atom. The van der Waals surface area contributed by atoms with Gasteiger partial charge in [-0.05, 0) is 6.92 Å². The molecular weight excluding hydrogens is 190 g/mol. The molecule has 2 heterocycles. The summed E-state index contributed by atoms with van der Waals surface area (Å²) in [7, 11) is 0. The summed E-state index contributed by atoms with van der Waals surface area (Å²) in [6.07, 6.45) is 1.93. The number of hydrogen-bond donors (Lipinski definition) is 2. The minimum absolute atomic E-state index is 0.788. The second-order valence-electron chi connectivity index (χ2n) is 3.76. The second-order valence-corrected chi connectivity index (χ2v) is 3.76. The number of rotatable bonds is 1. The summed E-state index contributed by atoms with van der Waals surface area (Å²) in [6.45, 7) is 9.76. The molecule has 0 radical (unpaired) electrons. The average molecular weight is 207 g/mol. The molecule has 0 saturated carbocycles. The SMILES string of the molecule is C=C1C=C(N2CCNCC2)N=C(C)N1N. The van der Waals surface area contributed by atoms with Gasteiger partial charge >= 0.3 is 0 Å². The van der Waals surface area contributed by atoms with Gasteiger partial charge in [0.05, 0.1) is 5.70 Å². The van der Waals surface area contributed by atoms with E-state index in [0.29, 0.717) is 0 Å². The molecule has 0 amide bonds. The van der Waals surface area contributed by atoms with E-state index in [0.717, 1.165) is 43.5 Å². The van der Waals surface area contributed by atoms with Gasteiger partial charge in [0.2, 0.25) is 0 Å². The van der Waals surface area contributed by atoms with Crippen molar-refractivity contribution in [2.75, 3.05) is 26.2 Å². The first-order valence-corrected chi connectivity index (χ1v) is 5.15. The standard InChI is InChI=1S/C10H17N5/c1-8-7-10(13-9(2)15(8)11)14-5-3-12-4-6-14/h7,12H,1,3-6,11H2,2H3. The Morgan fingerprint density at radius 1 is 1.47 bits per heavy atom. The highest BCUT2D eigenvalue weighted by atomic mass is 15.4. The van der Waals surface area contributed by atoms with Crippen LogP contribution in [0.4, 0.5) is 0 Å². The number of nitrogens with one attached hydrogen (secondary N) is 1. The number of allylic oxidation sites excluding steroid dienone is 1. The van der Waals surface area contributed by atoms with Crippen molar-refractivity contribution in [2.45, 2.75) is 6.92 Å². The van der Waals surface area contributed by atoms with Crippen molar-refractivity contribution in [3.8, 4) is 0 Å². The summed E-state index contributed by atoms with van der Waals surface area (Å²) in [6, 6.07) is 0. The van der Waals surface area contributed by atoms with Gasteiger partial charge in [-0.25, -0.2) is 10.8 Å². The average Bonchev–Trinajstić information content (AvgIpc) is 2.26. The first-order chi connectivity index (χ1) is 7.18. The molecule has 2 rings (SSSR count). The van der Waals surface area contributed by atoms with E-state index in [2.05, 4.69) is 21.8 Å². The molecule has 15 heavy (non-hydrogen) atoms. The fraction of sp³-hybridized carbons (Fsp3) is 0.500. The van der Waals surface area contributed by atoms with Gasteiger partial charge < -0.3 is 10.2 Å². The molecule has 0 aromatic carbocycles. The molecule has 5 heteroatoms. The molecule has 0 bridgehead atoms. The lowest BCUT2D eigenvalue weighted by Gasteiger charge is -2.33. The maximum atomic E-state index is 5.74. The van der Waals surface area contributed by atoms with E-state index in [1.54, 1.807) is 0 Å². The van der Waals surface area contributed by atoms with Gasteiger partial charge in [-0.2, -0.15) is 0 Å². The predicted octanol–water partition coefficient (Wildman–Crippen LogP) is -0.146. The number of nitrogens with zero attached hydrogens (tertiary/aromatic N) is 3. The summed E-state index contributed by atoms with van der Waals surface area (Å²) in [5.41, 5.74) is 0.788. The molecule has 3 N–H and O–H groups in total. The van der Waals surface area contributed by atoms with Crippen LogP contribution >= 0.6 is 0 Å². The van der Waals surface area contributed by atoms with E-state index in [-0.39, 0.29) is 0 Å². The third-order valence-corrected chi connectivity index (χ3v) is 2.67. The van der Waals surface area contributed by atoms with Crippen LogP contribution in [0.1, 0.15) is 6.92 Å². The Morgan fingerprint density at radius 2 is 2.13 bits per heavy atom. The van der Waals surface area contributed by atoms with Crippen molar-refractivity contribution in [3.05, 3.63) is 24.2 Å². The summed E-state index contributed by atoms with van der Waals surface area (Å²) < 4.78 is 0. The number of hydrogen-bond acceptors (Lipinski definition) is 5. The molecule has 1 fully saturated rings. The number of nitrogens with two attached hydrogens (primary N) is 1. The first-order valence-electron chi connectivity index (χ1n) is 5.15. The van der Waals surface area contributed by atoms with Crippen LogP contribution in [-0.4, -0.2) is 41.9 Å². The van der Waals surface area contributed by atoms with Crippen molar-refractivity contribution in [1.29, 1.82) is 0 Å². The maximum Gasteiger partial charge on any atom is 0.132 e. The molecule has 0 aromatic rings. The maximum absolute atomic E-state index is 5.74. The molecule has 82 valence electrons. The number of amidine groups is 1. The normalized spacial score (nSPS) is 22.7. The molecular formula is C10H17N5. The molecule has 2 aliphatic heterocycles. The molecule has 0 aromatic heterocycles. The monoisotopic (exact) mass is 207 g/mol. The topological polar surface area (TPSA) is 56.9 Å². The first kappa shape index (κ1) is 10.2. The fourth-order valence-corrected chi connectivity index (χ4v) is 1.73. The van der Waals surface area contributed by atoms with E-state index < -0.39 is 0 Å². The molecule has 0 spiro atoms. The van der Waals surface area contributed by atoms with Crippen LogP contribution in [0.25, 0.3) is 0 Å². The van der Waals surface area contributed by atoms with Crippen molar-refractivity contribution < 1.29 is 0 Å². The van der Waals surface area contributed by atoms with Gasteiger partial charge in [-0.3, -0.25) is 5.01 Å². The van der Waals surface area contributed by atoms with Crippen LogP contribution in [0.3, 0.4) is 0 Å². The van der Waals surface area contributed by atoms with Gasteiger partial charge in [-0.1, -0.05) is 6.58 Å². The lowest BCUT2D eigenvalue weighted by molar-refractivity contribution is 0.293. The largest absolute Gasteiger partial charge is 0.354 e. The lowest BCUT2D eigenvalue weighted by Crippen LogP contribution is -2.44. The Hall–Kier alpha value is -1.33. The smallest absolute Gasteiger partial charge is 0.132 e. The van der Waals surface area contributed by atoms with Crippen molar-refractivity contribution in [1.82, 2.24) is 15.2 Å². The van der Waals surface area contributed by atoms with Gasteiger partial charge in [0.25, 0.3) is 0 Å². The minimum atomic E-state index is 0.788. The minimum Gasteiger partial charge on any atom is -0.354 e. The zero-order valence-electron chi connectivity index (χ0n) is 9.03. The van der Waals surface area contributed by atoms with Gasteiger partial charge in [-0.15, -0.1) is 0 Å². The third-order valence-electron chi connectivity index (χ3n) is 2.67. The molecule has 0 aliphatic carbocycles. The van der Waals surface area contributed by atoms with Gasteiger partial charge in [0.15, 0.2) is 0 Å². The molecule has 5 nitrogen and oxygen atoms in total. The predicted molar refractivity (Wildman–Crippen MR) is 60.8 cm³/mol. The van der Waals surface area contributed by atoms with Crippen molar-refractivity contribution >= 4 is 5.84 Å². The zero-order chi connectivity index (χ0) is 10.8. The van der Waals surface area contributed by atoms with Crippen LogP contribution in [0.2, 0.25) is 0 Å². The number of aliphatic imine (C=N–C) groups is 1. The molecule has 0 atom stereocenters. The number of piperazine rings is 1. The highest BCUT2D eigenvalue weighted by molar-refractivity contribution is 5.83. The summed E-state index contributed by atoms with van der Waals surface area (Å²) in [4.78, 5) is 6.70. The lowest BCUT2D eigenvalue weighted by atomic mass is 10.3. The van der Waals surface area contributed by atoms with Crippen LogP contribution < -0.4 is 11.2 Å². The van der Waals surface area contributed by atoms with Gasteiger partial charge in [0.1, 0.15) is 11.7 Å². The van der Waals surface area contributed by atoms with Crippen LogP contribution in [0.5, 0.6) is 0 Å². The molecule has 2 aliphatic rings. The van der Waals surface area contributed by atoms with E-state index >= 15 is 0 Å². The van der Waals surface area contributed by atoms with E-state index in [1.807, 2.05) is 13.0 Å². The third kappa shape index (κ3) is 2.03. The second kappa shape index (κ2) is 4.04. The Labute approximate surface area is 89.9 Å². The molecule has 1 saturated heterocycles.